The quantitative estimate of drug-likeness (QED) is 0.854. The molecule has 0 aliphatic rings. The van der Waals surface area contributed by atoms with E-state index in [0.717, 1.165) is 25.1 Å². The molecule has 0 aliphatic heterocycles. The van der Waals surface area contributed by atoms with E-state index in [4.69, 9.17) is 4.52 Å². The van der Waals surface area contributed by atoms with Gasteiger partial charge in [-0.2, -0.15) is 10.1 Å². The van der Waals surface area contributed by atoms with Crippen LogP contribution < -0.4 is 10.2 Å². The van der Waals surface area contributed by atoms with Crippen molar-refractivity contribution >= 4 is 17.6 Å². The number of nitrogens with one attached hydrogen (secondary N) is 1. The second-order valence-electron chi connectivity index (χ2n) is 4.36. The van der Waals surface area contributed by atoms with E-state index < -0.39 is 0 Å². The summed E-state index contributed by atoms with van der Waals surface area (Å²) in [4.78, 5) is 6.37. The lowest BCUT2D eigenvalue weighted by Crippen LogP contribution is -2.21. The normalized spacial score (nSPS) is 10.5. The van der Waals surface area contributed by atoms with Crippen LogP contribution in [0.2, 0.25) is 0 Å². The molecule has 0 atom stereocenters. The molecular weight excluding hydrogens is 244 g/mol. The first-order chi connectivity index (χ1) is 9.19. The van der Waals surface area contributed by atoms with Crippen LogP contribution >= 0.6 is 0 Å². The lowest BCUT2D eigenvalue weighted by molar-refractivity contribution is 0.400. The van der Waals surface area contributed by atoms with E-state index in [2.05, 4.69) is 32.6 Å². The molecule has 0 radical (unpaired) electrons. The number of aryl methyl sites for hydroxylation is 1. The van der Waals surface area contributed by atoms with E-state index in [0.29, 0.717) is 17.6 Å². The summed E-state index contributed by atoms with van der Waals surface area (Å²) >= 11 is 0. The molecule has 7 heteroatoms. The average molecular weight is 262 g/mol. The first-order valence-electron chi connectivity index (χ1n) is 6.30. The SMILES string of the molecule is CCCCN(C)c1nncc(Nc2cc(C)on2)n1. The van der Waals surface area contributed by atoms with Crippen LogP contribution in [0.1, 0.15) is 25.5 Å². The fourth-order valence-corrected chi connectivity index (χ4v) is 1.57. The summed E-state index contributed by atoms with van der Waals surface area (Å²) in [6, 6.07) is 1.79. The van der Waals surface area contributed by atoms with Gasteiger partial charge in [0.05, 0.1) is 6.20 Å². The minimum atomic E-state index is 0.596. The van der Waals surface area contributed by atoms with E-state index in [1.165, 1.54) is 0 Å². The van der Waals surface area contributed by atoms with Gasteiger partial charge in [0.2, 0.25) is 5.95 Å². The first kappa shape index (κ1) is 13.3. The molecule has 0 aromatic carbocycles. The van der Waals surface area contributed by atoms with Crippen LogP contribution in [-0.4, -0.2) is 33.9 Å². The van der Waals surface area contributed by atoms with E-state index in [1.807, 2.05) is 18.9 Å². The molecule has 0 saturated carbocycles. The van der Waals surface area contributed by atoms with Crippen molar-refractivity contribution in [1.82, 2.24) is 20.3 Å². The summed E-state index contributed by atoms with van der Waals surface area (Å²) in [6.07, 6.45) is 3.79. The van der Waals surface area contributed by atoms with E-state index in [-0.39, 0.29) is 0 Å². The highest BCUT2D eigenvalue weighted by atomic mass is 16.5. The second-order valence-corrected chi connectivity index (χ2v) is 4.36. The Balaban J connectivity index is 2.06. The largest absolute Gasteiger partial charge is 0.360 e. The molecule has 2 aromatic rings. The molecule has 1 N–H and O–H groups in total. The molecule has 0 unspecified atom stereocenters. The molecular formula is C12H18N6O. The first-order valence-corrected chi connectivity index (χ1v) is 6.30. The molecule has 0 spiro atoms. The van der Waals surface area contributed by atoms with Gasteiger partial charge in [0.1, 0.15) is 5.76 Å². The zero-order chi connectivity index (χ0) is 13.7. The molecule has 0 fully saturated rings. The summed E-state index contributed by atoms with van der Waals surface area (Å²) in [5.41, 5.74) is 0. The zero-order valence-electron chi connectivity index (χ0n) is 11.4. The smallest absolute Gasteiger partial charge is 0.247 e. The highest BCUT2D eigenvalue weighted by Gasteiger charge is 2.07. The molecule has 2 heterocycles. The van der Waals surface area contributed by atoms with E-state index in [1.54, 1.807) is 12.3 Å². The van der Waals surface area contributed by atoms with Crippen LogP contribution in [0.5, 0.6) is 0 Å². The predicted octanol–water partition coefficient (Wildman–Crippen LogP) is 2.15. The Hall–Kier alpha value is -2.18. The molecule has 0 aliphatic carbocycles. The fraction of sp³-hybridized carbons (Fsp3) is 0.500. The van der Waals surface area contributed by atoms with Crippen molar-refractivity contribution in [2.24, 2.45) is 0 Å². The van der Waals surface area contributed by atoms with Gasteiger partial charge in [-0.3, -0.25) is 0 Å². The van der Waals surface area contributed by atoms with Crippen molar-refractivity contribution in [3.8, 4) is 0 Å². The molecule has 102 valence electrons. The van der Waals surface area contributed by atoms with Crippen LogP contribution in [0.4, 0.5) is 17.6 Å². The molecule has 2 aromatic heterocycles. The Morgan fingerprint density at radius 3 is 2.89 bits per heavy atom. The number of hydrogen-bond donors (Lipinski definition) is 1. The van der Waals surface area contributed by atoms with Crippen molar-refractivity contribution in [3.05, 3.63) is 18.0 Å². The van der Waals surface area contributed by atoms with Gasteiger partial charge < -0.3 is 14.7 Å². The van der Waals surface area contributed by atoms with Crippen molar-refractivity contribution in [1.29, 1.82) is 0 Å². The lowest BCUT2D eigenvalue weighted by Gasteiger charge is -2.15. The van der Waals surface area contributed by atoms with Gasteiger partial charge >= 0.3 is 0 Å². The standard InChI is InChI=1S/C12H18N6O/c1-4-5-6-18(3)12-15-11(8-13-16-12)14-10-7-9(2)19-17-10/h7-8H,4-6H2,1-3H3,(H,14,15,16,17). The highest BCUT2D eigenvalue weighted by Crippen LogP contribution is 2.15. The van der Waals surface area contributed by atoms with E-state index >= 15 is 0 Å². The summed E-state index contributed by atoms with van der Waals surface area (Å²) < 4.78 is 4.98. The van der Waals surface area contributed by atoms with Gasteiger partial charge in [-0.15, -0.1) is 5.10 Å². The number of rotatable bonds is 6. The lowest BCUT2D eigenvalue weighted by atomic mass is 10.3. The predicted molar refractivity (Wildman–Crippen MR) is 72.5 cm³/mol. The summed E-state index contributed by atoms with van der Waals surface area (Å²) in [5, 5.41) is 14.8. The monoisotopic (exact) mass is 262 g/mol. The zero-order valence-corrected chi connectivity index (χ0v) is 11.4. The van der Waals surface area contributed by atoms with Crippen molar-refractivity contribution < 1.29 is 4.52 Å². The third-order valence-electron chi connectivity index (χ3n) is 2.62. The molecule has 2 rings (SSSR count). The number of unbranched alkanes of at least 4 members (excludes halogenated alkanes) is 1. The van der Waals surface area contributed by atoms with Crippen LogP contribution in [-0.2, 0) is 0 Å². The van der Waals surface area contributed by atoms with Crippen LogP contribution in [0, 0.1) is 6.92 Å². The van der Waals surface area contributed by atoms with Crippen molar-refractivity contribution in [2.45, 2.75) is 26.7 Å². The maximum Gasteiger partial charge on any atom is 0.247 e. The van der Waals surface area contributed by atoms with Gasteiger partial charge in [0, 0.05) is 19.7 Å². The van der Waals surface area contributed by atoms with Gasteiger partial charge in [-0.05, 0) is 13.3 Å². The van der Waals surface area contributed by atoms with Crippen molar-refractivity contribution in [3.63, 3.8) is 0 Å². The number of hydrogen-bond acceptors (Lipinski definition) is 7. The summed E-state index contributed by atoms with van der Waals surface area (Å²) in [6.45, 7) is 4.89. The molecule has 7 nitrogen and oxygen atoms in total. The van der Waals surface area contributed by atoms with Gasteiger partial charge in [-0.1, -0.05) is 18.5 Å². The summed E-state index contributed by atoms with van der Waals surface area (Å²) in [7, 11) is 1.96. The van der Waals surface area contributed by atoms with Crippen LogP contribution in [0.25, 0.3) is 0 Å². The minimum absolute atomic E-state index is 0.596. The maximum absolute atomic E-state index is 4.98. The van der Waals surface area contributed by atoms with Gasteiger partial charge in [0.25, 0.3) is 0 Å². The third kappa shape index (κ3) is 3.64. The fourth-order valence-electron chi connectivity index (χ4n) is 1.57. The number of anilines is 3. The highest BCUT2D eigenvalue weighted by molar-refractivity contribution is 5.51. The second kappa shape index (κ2) is 6.12. The molecule has 19 heavy (non-hydrogen) atoms. The molecule has 0 bridgehead atoms. The molecule has 0 amide bonds. The van der Waals surface area contributed by atoms with E-state index in [9.17, 15) is 0 Å². The minimum Gasteiger partial charge on any atom is -0.360 e. The third-order valence-corrected chi connectivity index (χ3v) is 2.62. The Morgan fingerprint density at radius 1 is 1.37 bits per heavy atom. The molecule has 0 saturated heterocycles. The van der Waals surface area contributed by atoms with Crippen molar-refractivity contribution in [2.75, 3.05) is 23.8 Å². The van der Waals surface area contributed by atoms with Crippen LogP contribution in [0.15, 0.2) is 16.8 Å². The Labute approximate surface area is 112 Å². The topological polar surface area (TPSA) is 80.0 Å². The van der Waals surface area contributed by atoms with Gasteiger partial charge in [0.15, 0.2) is 11.6 Å². The Bertz CT molecular complexity index is 526. The van der Waals surface area contributed by atoms with Crippen LogP contribution in [0.3, 0.4) is 0 Å². The number of nitrogens with zero attached hydrogens (tertiary/aromatic N) is 5. The number of aromatic nitrogens is 4. The Kier molecular flexibility index (Phi) is 4.27. The maximum atomic E-state index is 4.98. The average Bonchev–Trinajstić information content (AvgIpc) is 2.81. The summed E-state index contributed by atoms with van der Waals surface area (Å²) in [5.74, 6) is 2.55. The Morgan fingerprint density at radius 2 is 2.21 bits per heavy atom. The van der Waals surface area contributed by atoms with Gasteiger partial charge in [-0.25, -0.2) is 0 Å².